The van der Waals surface area contributed by atoms with Gasteiger partial charge in [-0.15, -0.1) is 0 Å². The van der Waals surface area contributed by atoms with E-state index < -0.39 is 0 Å². The molecule has 0 aromatic heterocycles. The third kappa shape index (κ3) is 5.86. The zero-order valence-corrected chi connectivity index (χ0v) is 14.1. The molecule has 1 amide bonds. The van der Waals surface area contributed by atoms with Gasteiger partial charge in [-0.2, -0.15) is 0 Å². The molecule has 4 nitrogen and oxygen atoms in total. The Morgan fingerprint density at radius 1 is 1.24 bits per heavy atom. The minimum absolute atomic E-state index is 0.0152. The molecule has 0 spiro atoms. The quantitative estimate of drug-likeness (QED) is 0.842. The van der Waals surface area contributed by atoms with Crippen LogP contribution in [0.2, 0.25) is 0 Å². The van der Waals surface area contributed by atoms with E-state index in [1.54, 1.807) is 7.11 Å². The summed E-state index contributed by atoms with van der Waals surface area (Å²) in [6.45, 7) is 11.1. The first-order chi connectivity index (χ1) is 9.74. The summed E-state index contributed by atoms with van der Waals surface area (Å²) in [5.41, 5.74) is 2.22. The Balaban J connectivity index is 2.58. The number of hydrogen-bond donors (Lipinski definition) is 2. The van der Waals surface area contributed by atoms with E-state index in [-0.39, 0.29) is 23.4 Å². The van der Waals surface area contributed by atoms with Crippen molar-refractivity contribution in [2.75, 3.05) is 19.0 Å². The number of anilines is 1. The zero-order valence-electron chi connectivity index (χ0n) is 14.1. The van der Waals surface area contributed by atoms with Gasteiger partial charge in [0.05, 0.1) is 6.61 Å². The van der Waals surface area contributed by atoms with Gasteiger partial charge in [-0.05, 0) is 37.0 Å². The van der Waals surface area contributed by atoms with Crippen molar-refractivity contribution in [1.29, 1.82) is 0 Å². The van der Waals surface area contributed by atoms with E-state index in [1.165, 1.54) is 5.56 Å². The number of nitrogens with two attached hydrogens (primary N) is 1. The maximum Gasteiger partial charge on any atom is 0.282 e. The summed E-state index contributed by atoms with van der Waals surface area (Å²) in [6, 6.07) is 8.18. The smallest absolute Gasteiger partial charge is 0.282 e. The summed E-state index contributed by atoms with van der Waals surface area (Å²) in [5, 5.41) is 4.97. The molecule has 0 bridgehead atoms. The first kappa shape index (κ1) is 17.7. The number of hydrogen-bond acceptors (Lipinski definition) is 2. The SMILES string of the molecule is COC[C@H](C)[NH2+][C@H](C)C(=O)Nc1ccc(C(C)(C)C)cc1. The molecule has 0 aliphatic heterocycles. The number of benzene rings is 1. The average Bonchev–Trinajstić information content (AvgIpc) is 2.38. The standard InChI is InChI=1S/C17H28N2O2/c1-12(11-21-6)18-13(2)16(20)19-15-9-7-14(8-10-15)17(3,4)5/h7-10,12-13,18H,11H2,1-6H3,(H,19,20)/p+1/t12-,13+/m0/s1. The molecule has 3 N–H and O–H groups in total. The Kier molecular flexibility index (Phi) is 6.37. The van der Waals surface area contributed by atoms with Crippen molar-refractivity contribution < 1.29 is 14.8 Å². The molecule has 1 aromatic rings. The second kappa shape index (κ2) is 7.57. The van der Waals surface area contributed by atoms with E-state index in [2.05, 4.69) is 38.2 Å². The Hall–Kier alpha value is -1.39. The molecule has 0 saturated carbocycles. The van der Waals surface area contributed by atoms with Crippen LogP contribution in [0.3, 0.4) is 0 Å². The number of ether oxygens (including phenoxy) is 1. The van der Waals surface area contributed by atoms with Gasteiger partial charge in [0.15, 0.2) is 6.04 Å². The summed E-state index contributed by atoms with van der Waals surface area (Å²) in [4.78, 5) is 12.2. The number of carbonyl (C=O) groups is 1. The number of nitrogens with one attached hydrogen (secondary N) is 1. The molecule has 0 aliphatic carbocycles. The lowest BCUT2D eigenvalue weighted by Crippen LogP contribution is -2.96. The van der Waals surface area contributed by atoms with Gasteiger partial charge >= 0.3 is 0 Å². The van der Waals surface area contributed by atoms with Crippen LogP contribution in [-0.4, -0.2) is 31.7 Å². The highest BCUT2D eigenvalue weighted by molar-refractivity contribution is 5.93. The summed E-state index contributed by atoms with van der Waals surface area (Å²) in [5.74, 6) is 0.0152. The van der Waals surface area contributed by atoms with Crippen molar-refractivity contribution in [1.82, 2.24) is 0 Å². The van der Waals surface area contributed by atoms with Gasteiger partial charge in [0.1, 0.15) is 6.04 Å². The number of rotatable bonds is 6. The number of amides is 1. The van der Waals surface area contributed by atoms with E-state index in [9.17, 15) is 4.79 Å². The van der Waals surface area contributed by atoms with Gasteiger partial charge in [0, 0.05) is 12.8 Å². The Labute approximate surface area is 128 Å². The minimum atomic E-state index is -0.141. The maximum atomic E-state index is 12.2. The predicted octanol–water partition coefficient (Wildman–Crippen LogP) is 1.91. The number of quaternary nitrogens is 1. The average molecular weight is 293 g/mol. The molecular formula is C17H29N2O2+. The molecular weight excluding hydrogens is 264 g/mol. The zero-order chi connectivity index (χ0) is 16.0. The molecule has 0 unspecified atom stereocenters. The van der Waals surface area contributed by atoms with Gasteiger partial charge in [-0.25, -0.2) is 0 Å². The van der Waals surface area contributed by atoms with E-state index >= 15 is 0 Å². The highest BCUT2D eigenvalue weighted by Crippen LogP contribution is 2.23. The van der Waals surface area contributed by atoms with Crippen LogP contribution >= 0.6 is 0 Å². The first-order valence-electron chi connectivity index (χ1n) is 7.49. The van der Waals surface area contributed by atoms with Crippen LogP contribution in [0.15, 0.2) is 24.3 Å². The van der Waals surface area contributed by atoms with E-state index in [0.717, 1.165) is 5.69 Å². The number of carbonyl (C=O) groups excluding carboxylic acids is 1. The summed E-state index contributed by atoms with van der Waals surface area (Å²) >= 11 is 0. The number of methoxy groups -OCH3 is 1. The molecule has 0 aliphatic rings. The third-order valence-corrected chi connectivity index (χ3v) is 3.48. The van der Waals surface area contributed by atoms with Gasteiger partial charge in [0.25, 0.3) is 5.91 Å². The van der Waals surface area contributed by atoms with Crippen molar-refractivity contribution in [3.05, 3.63) is 29.8 Å². The molecule has 21 heavy (non-hydrogen) atoms. The molecule has 2 atom stereocenters. The molecule has 0 fully saturated rings. The summed E-state index contributed by atoms with van der Waals surface area (Å²) in [6.07, 6.45) is 0. The lowest BCUT2D eigenvalue weighted by atomic mass is 9.87. The first-order valence-corrected chi connectivity index (χ1v) is 7.49. The fraction of sp³-hybridized carbons (Fsp3) is 0.588. The van der Waals surface area contributed by atoms with Crippen LogP contribution < -0.4 is 10.6 Å². The van der Waals surface area contributed by atoms with Gasteiger partial charge in [-0.3, -0.25) is 4.79 Å². The van der Waals surface area contributed by atoms with Crippen LogP contribution in [0.1, 0.15) is 40.2 Å². The van der Waals surface area contributed by atoms with Crippen molar-refractivity contribution in [3.63, 3.8) is 0 Å². The second-order valence-corrected chi connectivity index (χ2v) is 6.73. The lowest BCUT2D eigenvalue weighted by Gasteiger charge is -2.19. The Morgan fingerprint density at radius 2 is 1.81 bits per heavy atom. The highest BCUT2D eigenvalue weighted by atomic mass is 16.5. The van der Waals surface area contributed by atoms with Gasteiger partial charge in [-0.1, -0.05) is 32.9 Å². The largest absolute Gasteiger partial charge is 0.379 e. The van der Waals surface area contributed by atoms with E-state index in [4.69, 9.17) is 4.74 Å². The second-order valence-electron chi connectivity index (χ2n) is 6.73. The molecule has 0 saturated heterocycles. The summed E-state index contributed by atoms with van der Waals surface area (Å²) < 4.78 is 5.08. The van der Waals surface area contributed by atoms with Crippen LogP contribution in [-0.2, 0) is 14.9 Å². The third-order valence-electron chi connectivity index (χ3n) is 3.48. The fourth-order valence-corrected chi connectivity index (χ4v) is 2.21. The van der Waals surface area contributed by atoms with E-state index in [0.29, 0.717) is 6.61 Å². The molecule has 0 radical (unpaired) electrons. The molecule has 1 rings (SSSR count). The topological polar surface area (TPSA) is 54.9 Å². The molecule has 4 heteroatoms. The molecule has 0 heterocycles. The van der Waals surface area contributed by atoms with Gasteiger partial charge < -0.3 is 15.4 Å². The molecule has 118 valence electrons. The molecule has 1 aromatic carbocycles. The highest BCUT2D eigenvalue weighted by Gasteiger charge is 2.19. The monoisotopic (exact) mass is 293 g/mol. The van der Waals surface area contributed by atoms with Crippen LogP contribution in [0.25, 0.3) is 0 Å². The normalized spacial score (nSPS) is 14.6. The van der Waals surface area contributed by atoms with Crippen molar-refractivity contribution in [3.8, 4) is 0 Å². The Morgan fingerprint density at radius 3 is 2.29 bits per heavy atom. The maximum absolute atomic E-state index is 12.2. The van der Waals surface area contributed by atoms with Crippen molar-refractivity contribution >= 4 is 11.6 Å². The van der Waals surface area contributed by atoms with Crippen molar-refractivity contribution in [2.24, 2.45) is 0 Å². The van der Waals surface area contributed by atoms with Crippen molar-refractivity contribution in [2.45, 2.75) is 52.1 Å². The van der Waals surface area contributed by atoms with Gasteiger partial charge in [0.2, 0.25) is 0 Å². The van der Waals surface area contributed by atoms with E-state index in [1.807, 2.05) is 31.3 Å². The van der Waals surface area contributed by atoms with Crippen LogP contribution in [0, 0.1) is 0 Å². The minimum Gasteiger partial charge on any atom is -0.379 e. The predicted molar refractivity (Wildman–Crippen MR) is 86.5 cm³/mol. The Bertz CT molecular complexity index is 449. The fourth-order valence-electron chi connectivity index (χ4n) is 2.21. The van der Waals surface area contributed by atoms with Crippen LogP contribution in [0.5, 0.6) is 0 Å². The lowest BCUT2D eigenvalue weighted by molar-refractivity contribution is -0.704. The van der Waals surface area contributed by atoms with Crippen LogP contribution in [0.4, 0.5) is 5.69 Å². The summed E-state index contributed by atoms with van der Waals surface area (Å²) in [7, 11) is 1.67.